The molecule has 0 aliphatic rings. The third-order valence-corrected chi connectivity index (χ3v) is 4.57. The molecule has 0 N–H and O–H groups in total. The van der Waals surface area contributed by atoms with Crippen LogP contribution in [0.4, 0.5) is 0 Å². The molecule has 152 valence electrons. The molecule has 0 aliphatic heterocycles. The van der Waals surface area contributed by atoms with Crippen molar-refractivity contribution < 1.29 is 4.74 Å². The predicted molar refractivity (Wildman–Crippen MR) is 122 cm³/mol. The highest BCUT2D eigenvalue weighted by atomic mass is 35.5. The van der Waals surface area contributed by atoms with Crippen LogP contribution in [0, 0.1) is 22.7 Å². The molecule has 0 radical (unpaired) electrons. The zero-order chi connectivity index (χ0) is 21.8. The van der Waals surface area contributed by atoms with Crippen LogP contribution in [0.2, 0.25) is 10.0 Å². The van der Waals surface area contributed by atoms with Gasteiger partial charge in [0.2, 0.25) is 0 Å². The van der Waals surface area contributed by atoms with Crippen molar-refractivity contribution in [2.45, 2.75) is 20.1 Å². The molecular weight excluding hydrogens is 417 g/mol. The van der Waals surface area contributed by atoms with Crippen molar-refractivity contribution in [3.05, 3.63) is 93.7 Å². The van der Waals surface area contributed by atoms with Gasteiger partial charge in [-0.05, 0) is 60.5 Å². The lowest BCUT2D eigenvalue weighted by Crippen LogP contribution is -2.02. The quantitative estimate of drug-likeness (QED) is 0.407. The van der Waals surface area contributed by atoms with E-state index in [1.54, 1.807) is 24.3 Å². The molecular formula is C24H21Cl2N3O. The van der Waals surface area contributed by atoms with Gasteiger partial charge in [-0.1, -0.05) is 47.5 Å². The summed E-state index contributed by atoms with van der Waals surface area (Å²) in [6, 6.07) is 22.7. The number of nitrogens with zero attached hydrogens (tertiary/aromatic N) is 3. The van der Waals surface area contributed by atoms with Crippen molar-refractivity contribution in [2.75, 3.05) is 6.61 Å². The summed E-state index contributed by atoms with van der Waals surface area (Å²) in [7, 11) is 0. The number of hydrogen-bond donors (Lipinski definition) is 0. The summed E-state index contributed by atoms with van der Waals surface area (Å²) in [6.45, 7) is 3.09. The van der Waals surface area contributed by atoms with Crippen LogP contribution in [0.25, 0.3) is 11.6 Å². The van der Waals surface area contributed by atoms with Gasteiger partial charge in [-0.15, -0.1) is 0 Å². The molecule has 0 fully saturated rings. The molecule has 0 atom stereocenters. The number of nitriles is 2. The number of ether oxygens (including phenoxy) is 1. The van der Waals surface area contributed by atoms with E-state index < -0.39 is 0 Å². The fourth-order valence-electron chi connectivity index (χ4n) is 2.52. The first kappa shape index (κ1) is 23.3. The van der Waals surface area contributed by atoms with Gasteiger partial charge < -0.3 is 9.30 Å². The Hall–Kier alpha value is -3.02. The van der Waals surface area contributed by atoms with Crippen molar-refractivity contribution in [2.24, 2.45) is 0 Å². The van der Waals surface area contributed by atoms with Crippen LogP contribution in [0.5, 0.6) is 0 Å². The van der Waals surface area contributed by atoms with Gasteiger partial charge in [0.1, 0.15) is 6.73 Å². The number of rotatable bonds is 6. The second-order valence-corrected chi connectivity index (χ2v) is 7.04. The van der Waals surface area contributed by atoms with Gasteiger partial charge in [-0.2, -0.15) is 10.5 Å². The van der Waals surface area contributed by atoms with Gasteiger partial charge in [0.25, 0.3) is 0 Å². The average Bonchev–Trinajstić information content (AvgIpc) is 3.20. The van der Waals surface area contributed by atoms with E-state index in [-0.39, 0.29) is 0 Å². The van der Waals surface area contributed by atoms with Gasteiger partial charge >= 0.3 is 0 Å². The smallest absolute Gasteiger partial charge is 0.122 e. The van der Waals surface area contributed by atoms with Crippen LogP contribution < -0.4 is 0 Å². The Bertz CT molecular complexity index is 1040. The Balaban J connectivity index is 0.000000269. The maximum absolute atomic E-state index is 9.32. The number of benzene rings is 2. The SMILES string of the molecule is CCOCn1cccc1/C=C(\C#N)c1ccc(Cl)cc1.N#CCc1ccc(Cl)cc1. The lowest BCUT2D eigenvalue weighted by atomic mass is 10.1. The van der Waals surface area contributed by atoms with Crippen molar-refractivity contribution in [1.29, 1.82) is 10.5 Å². The van der Waals surface area contributed by atoms with E-state index in [0.29, 0.717) is 35.4 Å². The Morgan fingerprint density at radius 3 is 2.20 bits per heavy atom. The topological polar surface area (TPSA) is 61.7 Å². The summed E-state index contributed by atoms with van der Waals surface area (Å²) in [4.78, 5) is 0. The molecule has 0 amide bonds. The number of halogens is 2. The monoisotopic (exact) mass is 437 g/mol. The summed E-state index contributed by atoms with van der Waals surface area (Å²) in [5.41, 5.74) is 3.39. The van der Waals surface area contributed by atoms with E-state index in [0.717, 1.165) is 16.8 Å². The molecule has 0 saturated carbocycles. The average molecular weight is 438 g/mol. The van der Waals surface area contributed by atoms with Crippen molar-refractivity contribution in [3.63, 3.8) is 0 Å². The van der Waals surface area contributed by atoms with Gasteiger partial charge in [-0.25, -0.2) is 0 Å². The molecule has 0 bridgehead atoms. The molecule has 0 spiro atoms. The number of aromatic nitrogens is 1. The highest BCUT2D eigenvalue weighted by Crippen LogP contribution is 2.20. The third kappa shape index (κ3) is 7.43. The van der Waals surface area contributed by atoms with Gasteiger partial charge in [0.05, 0.1) is 24.1 Å². The number of hydrogen-bond acceptors (Lipinski definition) is 3. The molecule has 0 aliphatic carbocycles. The van der Waals surface area contributed by atoms with Gasteiger partial charge in [0, 0.05) is 28.5 Å². The Labute approximate surface area is 187 Å². The Morgan fingerprint density at radius 2 is 1.63 bits per heavy atom. The van der Waals surface area contributed by atoms with E-state index in [9.17, 15) is 5.26 Å². The maximum Gasteiger partial charge on any atom is 0.122 e. The van der Waals surface area contributed by atoms with E-state index in [4.69, 9.17) is 33.2 Å². The first-order valence-corrected chi connectivity index (χ1v) is 10.0. The van der Waals surface area contributed by atoms with Gasteiger partial charge in [0.15, 0.2) is 0 Å². The van der Waals surface area contributed by atoms with Gasteiger partial charge in [-0.3, -0.25) is 0 Å². The minimum atomic E-state index is 0.456. The largest absolute Gasteiger partial charge is 0.361 e. The maximum atomic E-state index is 9.32. The van der Waals surface area contributed by atoms with Crippen molar-refractivity contribution in [1.82, 2.24) is 4.57 Å². The number of allylic oxidation sites excluding steroid dienone is 1. The minimum absolute atomic E-state index is 0.456. The highest BCUT2D eigenvalue weighted by molar-refractivity contribution is 6.30. The van der Waals surface area contributed by atoms with Crippen LogP contribution in [-0.2, 0) is 17.9 Å². The summed E-state index contributed by atoms with van der Waals surface area (Å²) < 4.78 is 7.34. The Morgan fingerprint density at radius 1 is 1.00 bits per heavy atom. The molecule has 3 rings (SSSR count). The zero-order valence-corrected chi connectivity index (χ0v) is 18.1. The molecule has 2 aromatic carbocycles. The lowest BCUT2D eigenvalue weighted by molar-refractivity contribution is 0.0877. The van der Waals surface area contributed by atoms with E-state index in [1.165, 1.54) is 0 Å². The zero-order valence-electron chi connectivity index (χ0n) is 16.6. The van der Waals surface area contributed by atoms with E-state index >= 15 is 0 Å². The van der Waals surface area contributed by atoms with Crippen LogP contribution in [0.15, 0.2) is 66.9 Å². The third-order valence-electron chi connectivity index (χ3n) is 4.06. The second kappa shape index (κ2) is 12.5. The van der Waals surface area contributed by atoms with Crippen LogP contribution in [0.1, 0.15) is 23.7 Å². The van der Waals surface area contributed by atoms with Crippen molar-refractivity contribution in [3.8, 4) is 12.1 Å². The first-order chi connectivity index (χ1) is 14.6. The fraction of sp³-hybridized carbons (Fsp3) is 0.167. The van der Waals surface area contributed by atoms with E-state index in [2.05, 4.69) is 12.1 Å². The van der Waals surface area contributed by atoms with Crippen molar-refractivity contribution >= 4 is 34.9 Å². The highest BCUT2D eigenvalue weighted by Gasteiger charge is 2.04. The van der Waals surface area contributed by atoms with Crippen LogP contribution in [0.3, 0.4) is 0 Å². The molecule has 0 saturated heterocycles. The van der Waals surface area contributed by atoms with Crippen LogP contribution >= 0.6 is 23.2 Å². The first-order valence-electron chi connectivity index (χ1n) is 9.29. The molecule has 1 heterocycles. The normalized spacial score (nSPS) is 10.5. The molecule has 1 aromatic heterocycles. The van der Waals surface area contributed by atoms with E-state index in [1.807, 2.05) is 60.2 Å². The Kier molecular flexibility index (Phi) is 9.71. The summed E-state index contributed by atoms with van der Waals surface area (Å²) in [6.07, 6.45) is 4.23. The summed E-state index contributed by atoms with van der Waals surface area (Å²) in [5, 5.41) is 19.0. The second-order valence-electron chi connectivity index (χ2n) is 6.16. The lowest BCUT2D eigenvalue weighted by Gasteiger charge is -2.07. The fourth-order valence-corrected chi connectivity index (χ4v) is 2.77. The standard InChI is InChI=1S/C16H15ClN2O.C8H6ClN/c1-2-20-12-19-9-3-4-16(19)10-14(11-18)13-5-7-15(17)8-6-13;9-8-3-1-7(2-4-8)5-6-10/h3-10H,2,12H2,1H3;1-4H,5H2/b14-10+;. The molecule has 0 unspecified atom stereocenters. The molecule has 30 heavy (non-hydrogen) atoms. The van der Waals surface area contributed by atoms with Crippen LogP contribution in [-0.4, -0.2) is 11.2 Å². The predicted octanol–water partition coefficient (Wildman–Crippen LogP) is 6.61. The molecule has 6 heteroatoms. The molecule has 3 aromatic rings. The molecule has 4 nitrogen and oxygen atoms in total. The summed E-state index contributed by atoms with van der Waals surface area (Å²) >= 11 is 11.5. The summed E-state index contributed by atoms with van der Waals surface area (Å²) in [5.74, 6) is 0. The minimum Gasteiger partial charge on any atom is -0.361 e.